The molecule has 1 aliphatic heterocycles. The molecule has 0 aliphatic carbocycles. The van der Waals surface area contributed by atoms with Crippen LogP contribution in [0.2, 0.25) is 5.15 Å². The highest BCUT2D eigenvalue weighted by Crippen LogP contribution is 2.25. The average molecular weight is 272 g/mol. The number of ether oxygens (including phenoxy) is 1. The molecule has 1 fully saturated rings. The van der Waals surface area contributed by atoms with E-state index in [9.17, 15) is 0 Å². The van der Waals surface area contributed by atoms with E-state index in [4.69, 9.17) is 21.4 Å². The topological polar surface area (TPSA) is 58.5 Å². The Morgan fingerprint density at radius 1 is 1.50 bits per heavy atom. The number of nitrogens with zero attached hydrogens (tertiary/aromatic N) is 3. The van der Waals surface area contributed by atoms with Gasteiger partial charge in [0.15, 0.2) is 0 Å². The Balaban J connectivity index is 2.28. The van der Waals surface area contributed by atoms with Gasteiger partial charge in [-0.25, -0.2) is 9.97 Å². The van der Waals surface area contributed by atoms with Gasteiger partial charge in [0.2, 0.25) is 0 Å². The molecule has 1 aromatic rings. The molecular formula is C12H18ClN3O2. The van der Waals surface area contributed by atoms with Crippen LogP contribution in [0.1, 0.15) is 18.3 Å². The van der Waals surface area contributed by atoms with Gasteiger partial charge in [0.1, 0.15) is 16.8 Å². The molecule has 2 heterocycles. The van der Waals surface area contributed by atoms with E-state index < -0.39 is 0 Å². The Bertz CT molecular complexity index is 428. The number of halogens is 1. The molecule has 1 N–H and O–H groups in total. The number of aromatic nitrogens is 2. The molecule has 0 radical (unpaired) electrons. The summed E-state index contributed by atoms with van der Waals surface area (Å²) in [5.41, 5.74) is 0.882. The Morgan fingerprint density at radius 3 is 2.94 bits per heavy atom. The van der Waals surface area contributed by atoms with Gasteiger partial charge in [0.25, 0.3) is 0 Å². The van der Waals surface area contributed by atoms with E-state index in [0.717, 1.165) is 30.2 Å². The van der Waals surface area contributed by atoms with E-state index in [-0.39, 0.29) is 12.7 Å². The van der Waals surface area contributed by atoms with Crippen molar-refractivity contribution in [2.45, 2.75) is 26.4 Å². The molecule has 1 saturated heterocycles. The first-order valence-electron chi connectivity index (χ1n) is 6.16. The standard InChI is InChI=1S/C12H18ClN3O2/c1-3-10-14-11(13)8(2)12(15-10)16-4-5-18-9(6-16)7-17/h9,17H,3-7H2,1-2H3. The number of hydrogen-bond acceptors (Lipinski definition) is 5. The van der Waals surface area contributed by atoms with Crippen molar-refractivity contribution < 1.29 is 9.84 Å². The van der Waals surface area contributed by atoms with Gasteiger partial charge in [-0.1, -0.05) is 18.5 Å². The van der Waals surface area contributed by atoms with E-state index in [1.165, 1.54) is 0 Å². The lowest BCUT2D eigenvalue weighted by atomic mass is 10.2. The first kappa shape index (κ1) is 13.5. The summed E-state index contributed by atoms with van der Waals surface area (Å²) in [5, 5.41) is 9.67. The third-order valence-electron chi connectivity index (χ3n) is 3.07. The van der Waals surface area contributed by atoms with E-state index in [0.29, 0.717) is 18.3 Å². The molecular weight excluding hydrogens is 254 g/mol. The van der Waals surface area contributed by atoms with Gasteiger partial charge in [0, 0.05) is 25.1 Å². The van der Waals surface area contributed by atoms with Crippen LogP contribution in [-0.2, 0) is 11.2 Å². The molecule has 1 atom stereocenters. The summed E-state index contributed by atoms with van der Waals surface area (Å²) in [4.78, 5) is 10.9. The summed E-state index contributed by atoms with van der Waals surface area (Å²) in [7, 11) is 0. The van der Waals surface area contributed by atoms with Crippen LogP contribution in [0, 0.1) is 6.92 Å². The van der Waals surface area contributed by atoms with Crippen molar-refractivity contribution in [3.05, 3.63) is 16.5 Å². The molecule has 2 rings (SSSR count). The predicted molar refractivity (Wildman–Crippen MR) is 70.2 cm³/mol. The number of aliphatic hydroxyl groups is 1. The highest BCUT2D eigenvalue weighted by Gasteiger charge is 2.23. The lowest BCUT2D eigenvalue weighted by molar-refractivity contribution is 0.00331. The fourth-order valence-electron chi connectivity index (χ4n) is 2.01. The Morgan fingerprint density at radius 2 is 2.28 bits per heavy atom. The maximum atomic E-state index is 9.17. The zero-order valence-corrected chi connectivity index (χ0v) is 11.4. The van der Waals surface area contributed by atoms with Gasteiger partial charge in [-0.15, -0.1) is 0 Å². The van der Waals surface area contributed by atoms with Crippen molar-refractivity contribution in [3.8, 4) is 0 Å². The molecule has 0 spiro atoms. The first-order valence-corrected chi connectivity index (χ1v) is 6.54. The number of hydrogen-bond donors (Lipinski definition) is 1. The fourth-order valence-corrected chi connectivity index (χ4v) is 2.19. The van der Waals surface area contributed by atoms with Crippen molar-refractivity contribution in [3.63, 3.8) is 0 Å². The van der Waals surface area contributed by atoms with Crippen molar-refractivity contribution in [1.29, 1.82) is 0 Å². The molecule has 0 saturated carbocycles. The zero-order chi connectivity index (χ0) is 13.1. The third kappa shape index (κ3) is 2.74. The van der Waals surface area contributed by atoms with E-state index >= 15 is 0 Å². The van der Waals surface area contributed by atoms with Gasteiger partial charge < -0.3 is 14.7 Å². The van der Waals surface area contributed by atoms with Crippen LogP contribution in [0.4, 0.5) is 5.82 Å². The van der Waals surface area contributed by atoms with Crippen LogP contribution in [0.15, 0.2) is 0 Å². The minimum absolute atomic E-state index is 0.0228. The highest BCUT2D eigenvalue weighted by atomic mass is 35.5. The number of morpholine rings is 1. The minimum atomic E-state index is -0.156. The van der Waals surface area contributed by atoms with Crippen LogP contribution < -0.4 is 4.90 Å². The lowest BCUT2D eigenvalue weighted by Gasteiger charge is -2.33. The molecule has 0 amide bonds. The minimum Gasteiger partial charge on any atom is -0.394 e. The Kier molecular flexibility index (Phi) is 4.37. The largest absolute Gasteiger partial charge is 0.394 e. The SMILES string of the molecule is CCc1nc(Cl)c(C)c(N2CCOC(CO)C2)n1. The van der Waals surface area contributed by atoms with Crippen LogP contribution >= 0.6 is 11.6 Å². The van der Waals surface area contributed by atoms with Crippen LogP contribution in [0.5, 0.6) is 0 Å². The maximum Gasteiger partial charge on any atom is 0.137 e. The molecule has 100 valence electrons. The molecule has 1 unspecified atom stereocenters. The summed E-state index contributed by atoms with van der Waals surface area (Å²) in [6, 6.07) is 0. The smallest absolute Gasteiger partial charge is 0.137 e. The normalized spacial score (nSPS) is 20.2. The van der Waals surface area contributed by atoms with Crippen LogP contribution in [0.25, 0.3) is 0 Å². The first-order chi connectivity index (χ1) is 8.65. The van der Waals surface area contributed by atoms with Gasteiger partial charge in [-0.3, -0.25) is 0 Å². The molecule has 0 bridgehead atoms. The quantitative estimate of drug-likeness (QED) is 0.837. The van der Waals surface area contributed by atoms with Gasteiger partial charge in [-0.05, 0) is 6.92 Å². The lowest BCUT2D eigenvalue weighted by Crippen LogP contribution is -2.44. The second-order valence-electron chi connectivity index (χ2n) is 4.35. The average Bonchev–Trinajstić information content (AvgIpc) is 2.41. The van der Waals surface area contributed by atoms with Crippen molar-refractivity contribution in [2.24, 2.45) is 0 Å². The molecule has 18 heavy (non-hydrogen) atoms. The third-order valence-corrected chi connectivity index (χ3v) is 3.43. The van der Waals surface area contributed by atoms with Crippen LogP contribution in [0.3, 0.4) is 0 Å². The molecule has 5 nitrogen and oxygen atoms in total. The predicted octanol–water partition coefficient (Wildman–Crippen LogP) is 1.20. The number of anilines is 1. The molecule has 1 aromatic heterocycles. The van der Waals surface area contributed by atoms with Gasteiger partial charge in [-0.2, -0.15) is 0 Å². The van der Waals surface area contributed by atoms with Crippen LogP contribution in [-0.4, -0.2) is 47.5 Å². The summed E-state index contributed by atoms with van der Waals surface area (Å²) in [6.07, 6.45) is 0.595. The Labute approximate surface area is 112 Å². The van der Waals surface area contributed by atoms with Crippen molar-refractivity contribution in [2.75, 3.05) is 31.2 Å². The fraction of sp³-hybridized carbons (Fsp3) is 0.667. The molecule has 0 aromatic carbocycles. The van der Waals surface area contributed by atoms with E-state index in [1.54, 1.807) is 0 Å². The molecule has 6 heteroatoms. The summed E-state index contributed by atoms with van der Waals surface area (Å²) in [5.74, 6) is 1.60. The van der Waals surface area contributed by atoms with Gasteiger partial charge >= 0.3 is 0 Å². The molecule has 1 aliphatic rings. The monoisotopic (exact) mass is 271 g/mol. The summed E-state index contributed by atoms with van der Waals surface area (Å²) >= 11 is 6.13. The number of aliphatic hydroxyl groups excluding tert-OH is 1. The second-order valence-corrected chi connectivity index (χ2v) is 4.71. The second kappa shape index (κ2) is 5.82. The summed E-state index contributed by atoms with van der Waals surface area (Å²) in [6.45, 7) is 5.92. The highest BCUT2D eigenvalue weighted by molar-refractivity contribution is 6.30. The zero-order valence-electron chi connectivity index (χ0n) is 10.7. The van der Waals surface area contributed by atoms with Crippen molar-refractivity contribution in [1.82, 2.24) is 9.97 Å². The number of aryl methyl sites for hydroxylation is 1. The van der Waals surface area contributed by atoms with E-state index in [1.807, 2.05) is 13.8 Å². The number of rotatable bonds is 3. The van der Waals surface area contributed by atoms with E-state index in [2.05, 4.69) is 14.9 Å². The summed E-state index contributed by atoms with van der Waals surface area (Å²) < 4.78 is 5.44. The Hall–Kier alpha value is -0.910. The maximum absolute atomic E-state index is 9.17. The van der Waals surface area contributed by atoms with Gasteiger partial charge in [0.05, 0.1) is 19.3 Å². The van der Waals surface area contributed by atoms with Crippen molar-refractivity contribution >= 4 is 17.4 Å².